The van der Waals surface area contributed by atoms with Gasteiger partial charge in [-0.3, -0.25) is 4.79 Å². The van der Waals surface area contributed by atoms with Gasteiger partial charge >= 0.3 is 5.97 Å². The number of hydrogen-bond donors (Lipinski definition) is 1. The smallest absolute Gasteiger partial charge is 0.307 e. The Balaban J connectivity index is 2.21. The third-order valence-corrected chi connectivity index (χ3v) is 2.94. The van der Waals surface area contributed by atoms with Crippen LogP contribution in [0.25, 0.3) is 0 Å². The molecule has 86 valence electrons. The molecule has 0 amide bonds. The predicted octanol–water partition coefficient (Wildman–Crippen LogP) is 1.89. The van der Waals surface area contributed by atoms with Crippen molar-refractivity contribution in [3.8, 4) is 11.5 Å². The van der Waals surface area contributed by atoms with Crippen LogP contribution < -0.4 is 9.47 Å². The highest BCUT2D eigenvalue weighted by molar-refractivity contribution is 5.75. The number of aliphatic carboxylic acids is 1. The van der Waals surface area contributed by atoms with Crippen LogP contribution in [0.3, 0.4) is 0 Å². The molecule has 0 aliphatic heterocycles. The topological polar surface area (TPSA) is 55.8 Å². The molecule has 2 rings (SSSR count). The highest BCUT2D eigenvalue weighted by Gasteiger charge is 2.44. The molecule has 1 aliphatic carbocycles. The van der Waals surface area contributed by atoms with E-state index < -0.39 is 5.97 Å². The van der Waals surface area contributed by atoms with Crippen LogP contribution in [-0.2, 0) is 4.79 Å². The van der Waals surface area contributed by atoms with Crippen LogP contribution in [0.15, 0.2) is 18.2 Å². The first kappa shape index (κ1) is 10.8. The zero-order valence-electron chi connectivity index (χ0n) is 9.27. The Bertz CT molecular complexity index is 413. The Morgan fingerprint density at radius 3 is 2.50 bits per heavy atom. The van der Waals surface area contributed by atoms with E-state index in [-0.39, 0.29) is 11.8 Å². The minimum atomic E-state index is -0.722. The summed E-state index contributed by atoms with van der Waals surface area (Å²) in [5.41, 5.74) is 1.00. The molecule has 1 fully saturated rings. The molecule has 0 bridgehead atoms. The van der Waals surface area contributed by atoms with Gasteiger partial charge in [0.1, 0.15) is 0 Å². The molecule has 4 heteroatoms. The van der Waals surface area contributed by atoms with E-state index in [1.54, 1.807) is 14.2 Å². The van der Waals surface area contributed by atoms with Crippen molar-refractivity contribution in [1.82, 2.24) is 0 Å². The van der Waals surface area contributed by atoms with Crippen LogP contribution in [-0.4, -0.2) is 25.3 Å². The van der Waals surface area contributed by atoms with Crippen molar-refractivity contribution in [3.63, 3.8) is 0 Å². The predicted molar refractivity (Wildman–Crippen MR) is 58.0 cm³/mol. The summed E-state index contributed by atoms with van der Waals surface area (Å²) < 4.78 is 10.3. The van der Waals surface area contributed by atoms with Crippen molar-refractivity contribution in [1.29, 1.82) is 0 Å². The van der Waals surface area contributed by atoms with E-state index in [2.05, 4.69) is 0 Å². The van der Waals surface area contributed by atoms with Gasteiger partial charge in [0.05, 0.1) is 20.1 Å². The number of carbonyl (C=O) groups is 1. The Morgan fingerprint density at radius 2 is 2.00 bits per heavy atom. The van der Waals surface area contributed by atoms with Gasteiger partial charge in [0.25, 0.3) is 0 Å². The monoisotopic (exact) mass is 222 g/mol. The van der Waals surface area contributed by atoms with Crippen molar-refractivity contribution >= 4 is 5.97 Å². The minimum Gasteiger partial charge on any atom is -0.493 e. The van der Waals surface area contributed by atoms with E-state index in [4.69, 9.17) is 14.6 Å². The second-order valence-corrected chi connectivity index (χ2v) is 3.90. The molecule has 0 saturated heterocycles. The maximum Gasteiger partial charge on any atom is 0.307 e. The zero-order valence-corrected chi connectivity index (χ0v) is 9.27. The normalized spacial score (nSPS) is 22.6. The van der Waals surface area contributed by atoms with Gasteiger partial charge in [0.15, 0.2) is 11.5 Å². The van der Waals surface area contributed by atoms with E-state index in [0.717, 1.165) is 5.56 Å². The van der Waals surface area contributed by atoms with E-state index in [1.165, 1.54) is 0 Å². The molecule has 1 N–H and O–H groups in total. The van der Waals surface area contributed by atoms with Gasteiger partial charge in [-0.25, -0.2) is 0 Å². The number of ether oxygens (including phenoxy) is 2. The molecule has 0 spiro atoms. The van der Waals surface area contributed by atoms with Gasteiger partial charge in [-0.15, -0.1) is 0 Å². The van der Waals surface area contributed by atoms with Gasteiger partial charge in [0.2, 0.25) is 0 Å². The maximum atomic E-state index is 10.8. The molecule has 0 aromatic heterocycles. The molecule has 1 unspecified atom stereocenters. The molecule has 2 atom stereocenters. The molecule has 0 radical (unpaired) electrons. The summed E-state index contributed by atoms with van der Waals surface area (Å²) in [4.78, 5) is 10.8. The molecule has 0 heterocycles. The summed E-state index contributed by atoms with van der Waals surface area (Å²) in [7, 11) is 3.15. The summed E-state index contributed by atoms with van der Waals surface area (Å²) in [5, 5.41) is 8.86. The minimum absolute atomic E-state index is 0.123. The van der Waals surface area contributed by atoms with Crippen LogP contribution in [0.1, 0.15) is 17.9 Å². The first-order valence-electron chi connectivity index (χ1n) is 5.12. The van der Waals surface area contributed by atoms with Crippen molar-refractivity contribution in [2.75, 3.05) is 14.2 Å². The van der Waals surface area contributed by atoms with Gasteiger partial charge in [0, 0.05) is 0 Å². The van der Waals surface area contributed by atoms with Gasteiger partial charge in [-0.2, -0.15) is 0 Å². The second-order valence-electron chi connectivity index (χ2n) is 3.90. The number of hydrogen-bond acceptors (Lipinski definition) is 3. The first-order chi connectivity index (χ1) is 7.67. The third kappa shape index (κ3) is 1.83. The van der Waals surface area contributed by atoms with Gasteiger partial charge in [-0.05, 0) is 30.0 Å². The SMILES string of the molecule is COc1ccc(C2C[C@H]2C(=O)O)cc1OC. The quantitative estimate of drug-likeness (QED) is 0.845. The fourth-order valence-corrected chi connectivity index (χ4v) is 1.92. The molecule has 1 aromatic rings. The van der Waals surface area contributed by atoms with Crippen molar-refractivity contribution in [3.05, 3.63) is 23.8 Å². The summed E-state index contributed by atoms with van der Waals surface area (Å²) in [6.07, 6.45) is 0.713. The van der Waals surface area contributed by atoms with Crippen molar-refractivity contribution < 1.29 is 19.4 Å². The first-order valence-corrected chi connectivity index (χ1v) is 5.12. The van der Waals surface area contributed by atoms with E-state index in [0.29, 0.717) is 17.9 Å². The largest absolute Gasteiger partial charge is 0.493 e. The lowest BCUT2D eigenvalue weighted by molar-refractivity contribution is -0.138. The Labute approximate surface area is 93.8 Å². The van der Waals surface area contributed by atoms with Crippen molar-refractivity contribution in [2.24, 2.45) is 5.92 Å². The Hall–Kier alpha value is -1.71. The molecule has 1 aliphatic rings. The molecule has 4 nitrogen and oxygen atoms in total. The summed E-state index contributed by atoms with van der Waals surface area (Å²) in [5.74, 6) is 0.477. The van der Waals surface area contributed by atoms with E-state index in [1.807, 2.05) is 18.2 Å². The van der Waals surface area contributed by atoms with Crippen molar-refractivity contribution in [2.45, 2.75) is 12.3 Å². The molecular formula is C12H14O4. The number of carboxylic acids is 1. The lowest BCUT2D eigenvalue weighted by Gasteiger charge is -2.08. The number of carboxylic acid groups (broad SMARTS) is 1. The van der Waals surface area contributed by atoms with E-state index >= 15 is 0 Å². The number of benzene rings is 1. The standard InChI is InChI=1S/C12H14O4/c1-15-10-4-3-7(5-11(10)16-2)8-6-9(8)12(13)14/h3-5,8-9H,6H2,1-2H3,(H,13,14)/t8?,9-/m1/s1. The van der Waals surface area contributed by atoms with E-state index in [9.17, 15) is 4.79 Å². The van der Waals surface area contributed by atoms with Crippen LogP contribution in [0, 0.1) is 5.92 Å². The highest BCUT2D eigenvalue weighted by atomic mass is 16.5. The number of methoxy groups -OCH3 is 2. The molecule has 1 aromatic carbocycles. The molecular weight excluding hydrogens is 208 g/mol. The fraction of sp³-hybridized carbons (Fsp3) is 0.417. The number of rotatable bonds is 4. The fourth-order valence-electron chi connectivity index (χ4n) is 1.92. The van der Waals surface area contributed by atoms with Crippen LogP contribution >= 0.6 is 0 Å². The lowest BCUT2D eigenvalue weighted by Crippen LogP contribution is -1.99. The van der Waals surface area contributed by atoms with Gasteiger partial charge in [-0.1, -0.05) is 6.07 Å². The highest BCUT2D eigenvalue weighted by Crippen LogP contribution is 2.49. The zero-order chi connectivity index (χ0) is 11.7. The Kier molecular flexibility index (Phi) is 2.73. The average Bonchev–Trinajstić information content (AvgIpc) is 3.08. The Morgan fingerprint density at radius 1 is 1.31 bits per heavy atom. The summed E-state index contributed by atoms with van der Waals surface area (Å²) in [6.45, 7) is 0. The molecule has 1 saturated carbocycles. The summed E-state index contributed by atoms with van der Waals surface area (Å²) in [6, 6.07) is 5.56. The van der Waals surface area contributed by atoms with Crippen LogP contribution in [0.5, 0.6) is 11.5 Å². The molecule has 16 heavy (non-hydrogen) atoms. The average molecular weight is 222 g/mol. The van der Waals surface area contributed by atoms with Crippen LogP contribution in [0.2, 0.25) is 0 Å². The lowest BCUT2D eigenvalue weighted by atomic mass is 10.1. The maximum absolute atomic E-state index is 10.8. The second kappa shape index (κ2) is 4.04. The summed E-state index contributed by atoms with van der Waals surface area (Å²) >= 11 is 0. The van der Waals surface area contributed by atoms with Crippen LogP contribution in [0.4, 0.5) is 0 Å². The third-order valence-electron chi connectivity index (χ3n) is 2.94. The van der Waals surface area contributed by atoms with Gasteiger partial charge < -0.3 is 14.6 Å².